The maximum absolute atomic E-state index is 13.3. The Morgan fingerprint density at radius 3 is 2.60 bits per heavy atom. The molecule has 0 fully saturated rings. The molecule has 7 heteroatoms. The molecule has 0 unspecified atom stereocenters. The van der Waals surface area contributed by atoms with E-state index in [1.54, 1.807) is 13.0 Å². The van der Waals surface area contributed by atoms with Crippen LogP contribution in [-0.2, 0) is 0 Å². The highest BCUT2D eigenvalue weighted by molar-refractivity contribution is 6.00. The maximum atomic E-state index is 13.3. The number of ether oxygens (including phenoxy) is 1. The maximum Gasteiger partial charge on any atom is 0.323 e. The first-order valence-electron chi connectivity index (χ1n) is 5.79. The molecule has 6 nitrogen and oxygen atoms in total. The van der Waals surface area contributed by atoms with E-state index in [1.165, 1.54) is 31.6 Å². The standard InChI is InChI=1S/C13H13FN4O2/c1-8-10(14)4-3-5-11(8)18-12(19)17-9-6-15-13(20-2)16-7-9/h3-7H,1-2H3,(H2,17,18,19). The minimum absolute atomic E-state index is 0.205. The van der Waals surface area contributed by atoms with Crippen molar-refractivity contribution in [2.24, 2.45) is 0 Å². The predicted octanol–water partition coefficient (Wildman–Crippen LogP) is 2.58. The van der Waals surface area contributed by atoms with Crippen LogP contribution in [0, 0.1) is 12.7 Å². The third kappa shape index (κ3) is 3.19. The van der Waals surface area contributed by atoms with E-state index in [1.807, 2.05) is 0 Å². The highest BCUT2D eigenvalue weighted by Gasteiger charge is 2.08. The molecule has 20 heavy (non-hydrogen) atoms. The summed E-state index contributed by atoms with van der Waals surface area (Å²) in [6, 6.07) is 4.16. The number of rotatable bonds is 3. The second-order valence-electron chi connectivity index (χ2n) is 3.95. The van der Waals surface area contributed by atoms with Crippen LogP contribution in [0.3, 0.4) is 0 Å². The van der Waals surface area contributed by atoms with Crippen molar-refractivity contribution in [3.63, 3.8) is 0 Å². The van der Waals surface area contributed by atoms with Crippen LogP contribution in [0.1, 0.15) is 5.56 Å². The van der Waals surface area contributed by atoms with Crippen LogP contribution in [-0.4, -0.2) is 23.1 Å². The normalized spacial score (nSPS) is 9.95. The summed E-state index contributed by atoms with van der Waals surface area (Å²) < 4.78 is 18.1. The van der Waals surface area contributed by atoms with E-state index in [0.717, 1.165) is 0 Å². The van der Waals surface area contributed by atoms with Crippen LogP contribution < -0.4 is 15.4 Å². The van der Waals surface area contributed by atoms with Crippen molar-refractivity contribution in [2.75, 3.05) is 17.7 Å². The molecule has 0 aliphatic heterocycles. The number of carbonyl (C=O) groups excluding carboxylic acids is 1. The lowest BCUT2D eigenvalue weighted by atomic mass is 10.2. The monoisotopic (exact) mass is 276 g/mol. The lowest BCUT2D eigenvalue weighted by molar-refractivity contribution is 0.262. The molecule has 104 valence electrons. The Morgan fingerprint density at radius 2 is 1.95 bits per heavy atom. The fraction of sp³-hybridized carbons (Fsp3) is 0.154. The van der Waals surface area contributed by atoms with Gasteiger partial charge in [0.2, 0.25) is 0 Å². The minimum atomic E-state index is -0.507. The van der Waals surface area contributed by atoms with Gasteiger partial charge in [0.1, 0.15) is 5.82 Å². The Bertz CT molecular complexity index is 616. The molecular formula is C13H13FN4O2. The largest absolute Gasteiger partial charge is 0.467 e. The van der Waals surface area contributed by atoms with E-state index in [0.29, 0.717) is 16.9 Å². The van der Waals surface area contributed by atoms with Crippen LogP contribution in [0.4, 0.5) is 20.6 Å². The van der Waals surface area contributed by atoms with Crippen molar-refractivity contribution >= 4 is 17.4 Å². The topological polar surface area (TPSA) is 76.1 Å². The van der Waals surface area contributed by atoms with Gasteiger partial charge in [0, 0.05) is 11.3 Å². The minimum Gasteiger partial charge on any atom is -0.467 e. The zero-order chi connectivity index (χ0) is 14.5. The molecule has 2 rings (SSSR count). The number of nitrogens with one attached hydrogen (secondary N) is 2. The van der Waals surface area contributed by atoms with Crippen molar-refractivity contribution in [1.29, 1.82) is 0 Å². The van der Waals surface area contributed by atoms with Crippen LogP contribution in [0.25, 0.3) is 0 Å². The molecule has 0 spiro atoms. The van der Waals surface area contributed by atoms with Crippen molar-refractivity contribution < 1.29 is 13.9 Å². The SMILES string of the molecule is COc1ncc(NC(=O)Nc2cccc(F)c2C)cn1. The van der Waals surface area contributed by atoms with Gasteiger partial charge in [-0.3, -0.25) is 0 Å². The van der Waals surface area contributed by atoms with Crippen molar-refractivity contribution in [3.05, 3.63) is 42.0 Å². The van der Waals surface area contributed by atoms with Gasteiger partial charge in [0.05, 0.1) is 25.2 Å². The Balaban J connectivity index is 2.03. The van der Waals surface area contributed by atoms with Gasteiger partial charge in [-0.15, -0.1) is 0 Å². The van der Waals surface area contributed by atoms with Gasteiger partial charge in [-0.05, 0) is 19.1 Å². The summed E-state index contributed by atoms with van der Waals surface area (Å²) in [5.41, 5.74) is 1.17. The summed E-state index contributed by atoms with van der Waals surface area (Å²) in [6.07, 6.45) is 2.81. The zero-order valence-electron chi connectivity index (χ0n) is 11.0. The Morgan fingerprint density at radius 1 is 1.25 bits per heavy atom. The van der Waals surface area contributed by atoms with E-state index in [2.05, 4.69) is 20.6 Å². The van der Waals surface area contributed by atoms with Crippen LogP contribution in [0.2, 0.25) is 0 Å². The van der Waals surface area contributed by atoms with Crippen molar-refractivity contribution in [2.45, 2.75) is 6.92 Å². The molecule has 0 radical (unpaired) electrons. The summed E-state index contributed by atoms with van der Waals surface area (Å²) in [6.45, 7) is 1.58. The van der Waals surface area contributed by atoms with Gasteiger partial charge in [-0.2, -0.15) is 0 Å². The molecular weight excluding hydrogens is 263 g/mol. The summed E-state index contributed by atoms with van der Waals surface area (Å²) in [4.78, 5) is 19.5. The first-order valence-corrected chi connectivity index (χ1v) is 5.79. The van der Waals surface area contributed by atoms with E-state index in [9.17, 15) is 9.18 Å². The van der Waals surface area contributed by atoms with Crippen LogP contribution in [0.15, 0.2) is 30.6 Å². The second kappa shape index (κ2) is 5.96. The fourth-order valence-corrected chi connectivity index (χ4v) is 1.51. The highest BCUT2D eigenvalue weighted by Crippen LogP contribution is 2.17. The average molecular weight is 276 g/mol. The number of amides is 2. The summed E-state index contributed by atoms with van der Waals surface area (Å²) in [5.74, 6) is -0.379. The van der Waals surface area contributed by atoms with E-state index < -0.39 is 6.03 Å². The average Bonchev–Trinajstić information content (AvgIpc) is 2.45. The number of aromatic nitrogens is 2. The van der Waals surface area contributed by atoms with Gasteiger partial charge in [0.25, 0.3) is 0 Å². The van der Waals surface area contributed by atoms with Crippen molar-refractivity contribution in [3.8, 4) is 6.01 Å². The first kappa shape index (κ1) is 13.7. The highest BCUT2D eigenvalue weighted by atomic mass is 19.1. The van der Waals surface area contributed by atoms with Crippen molar-refractivity contribution in [1.82, 2.24) is 9.97 Å². The Kier molecular flexibility index (Phi) is 4.09. The number of hydrogen-bond acceptors (Lipinski definition) is 4. The molecule has 1 heterocycles. The molecule has 2 aromatic rings. The number of hydrogen-bond donors (Lipinski definition) is 2. The lowest BCUT2D eigenvalue weighted by Gasteiger charge is -2.10. The first-order chi connectivity index (χ1) is 9.60. The van der Waals surface area contributed by atoms with Gasteiger partial charge >= 0.3 is 12.0 Å². The third-order valence-corrected chi connectivity index (χ3v) is 2.58. The van der Waals surface area contributed by atoms with E-state index >= 15 is 0 Å². The third-order valence-electron chi connectivity index (χ3n) is 2.58. The molecule has 0 saturated heterocycles. The lowest BCUT2D eigenvalue weighted by Crippen LogP contribution is -2.20. The van der Waals surface area contributed by atoms with Crippen LogP contribution >= 0.6 is 0 Å². The number of urea groups is 1. The molecule has 0 saturated carbocycles. The quantitative estimate of drug-likeness (QED) is 0.903. The van der Waals surface area contributed by atoms with Gasteiger partial charge in [0.15, 0.2) is 0 Å². The predicted molar refractivity (Wildman–Crippen MR) is 72.4 cm³/mol. The number of benzene rings is 1. The number of halogens is 1. The fourth-order valence-electron chi connectivity index (χ4n) is 1.51. The Labute approximate surface area is 115 Å². The summed E-state index contributed by atoms with van der Waals surface area (Å²) >= 11 is 0. The molecule has 1 aromatic heterocycles. The smallest absolute Gasteiger partial charge is 0.323 e. The van der Waals surface area contributed by atoms with Gasteiger partial charge in [-0.1, -0.05) is 6.07 Å². The van der Waals surface area contributed by atoms with Gasteiger partial charge < -0.3 is 15.4 Å². The van der Waals surface area contributed by atoms with Crippen LogP contribution in [0.5, 0.6) is 6.01 Å². The zero-order valence-corrected chi connectivity index (χ0v) is 11.0. The number of anilines is 2. The summed E-state index contributed by atoms with van der Waals surface area (Å²) in [7, 11) is 1.45. The summed E-state index contributed by atoms with van der Waals surface area (Å²) in [5, 5.41) is 5.09. The molecule has 0 aliphatic rings. The van der Waals surface area contributed by atoms with E-state index in [4.69, 9.17) is 4.74 Å². The molecule has 0 bridgehead atoms. The Hall–Kier alpha value is -2.70. The molecule has 1 aromatic carbocycles. The number of nitrogens with zero attached hydrogens (tertiary/aromatic N) is 2. The van der Waals surface area contributed by atoms with Gasteiger partial charge in [-0.25, -0.2) is 19.2 Å². The van der Waals surface area contributed by atoms with E-state index in [-0.39, 0.29) is 11.8 Å². The second-order valence-corrected chi connectivity index (χ2v) is 3.95. The molecule has 0 atom stereocenters. The number of methoxy groups -OCH3 is 1. The number of carbonyl (C=O) groups is 1. The molecule has 2 amide bonds. The molecule has 2 N–H and O–H groups in total. The molecule has 0 aliphatic carbocycles.